The number of carbonyl (C=O) groups excluding carboxylic acids is 2. The second kappa shape index (κ2) is 6.54. The maximum absolute atomic E-state index is 11.9. The van der Waals surface area contributed by atoms with Gasteiger partial charge in [-0.3, -0.25) is 5.10 Å². The fourth-order valence-corrected chi connectivity index (χ4v) is 2.77. The number of methoxy groups -OCH3 is 2. The third-order valence-electron chi connectivity index (χ3n) is 3.83. The van der Waals surface area contributed by atoms with E-state index in [-0.39, 0.29) is 11.3 Å². The quantitative estimate of drug-likeness (QED) is 0.854. The molecule has 6 nitrogen and oxygen atoms in total. The number of aromatic amines is 1. The Balaban J connectivity index is 2.25. The van der Waals surface area contributed by atoms with Crippen LogP contribution in [0.3, 0.4) is 0 Å². The number of hydrogen-bond acceptors (Lipinski definition) is 5. The van der Waals surface area contributed by atoms with Crippen molar-refractivity contribution in [1.82, 2.24) is 10.2 Å². The van der Waals surface area contributed by atoms with Crippen LogP contribution < -0.4 is 0 Å². The number of esters is 2. The third-order valence-corrected chi connectivity index (χ3v) is 3.83. The lowest BCUT2D eigenvalue weighted by Crippen LogP contribution is -2.15. The largest absolute Gasteiger partial charge is 0.465 e. The van der Waals surface area contributed by atoms with Crippen molar-refractivity contribution in [2.45, 2.75) is 38.5 Å². The van der Waals surface area contributed by atoms with Gasteiger partial charge in [0.2, 0.25) is 0 Å². The van der Waals surface area contributed by atoms with E-state index in [1.165, 1.54) is 33.5 Å². The highest BCUT2D eigenvalue weighted by Crippen LogP contribution is 2.28. The van der Waals surface area contributed by atoms with Gasteiger partial charge in [0.1, 0.15) is 5.56 Å². The van der Waals surface area contributed by atoms with Gasteiger partial charge in [-0.25, -0.2) is 9.59 Å². The van der Waals surface area contributed by atoms with Gasteiger partial charge in [0.05, 0.1) is 19.9 Å². The first-order valence-electron chi connectivity index (χ1n) is 6.91. The summed E-state index contributed by atoms with van der Waals surface area (Å²) in [5.74, 6) is -0.653. The molecule has 0 bridgehead atoms. The zero-order valence-electron chi connectivity index (χ0n) is 11.9. The van der Waals surface area contributed by atoms with E-state index in [0.29, 0.717) is 18.0 Å². The first-order valence-corrected chi connectivity index (χ1v) is 6.91. The first kappa shape index (κ1) is 14.6. The number of hydrogen-bond donors (Lipinski definition) is 1. The lowest BCUT2D eigenvalue weighted by atomic mass is 9.85. The molecule has 6 heteroatoms. The molecule has 0 radical (unpaired) electrons. The summed E-state index contributed by atoms with van der Waals surface area (Å²) in [4.78, 5) is 23.5. The predicted molar refractivity (Wildman–Crippen MR) is 71.5 cm³/mol. The van der Waals surface area contributed by atoms with Crippen molar-refractivity contribution in [3.8, 4) is 0 Å². The van der Waals surface area contributed by atoms with Crippen LogP contribution in [0.15, 0.2) is 0 Å². The Morgan fingerprint density at radius 2 is 1.80 bits per heavy atom. The molecule has 20 heavy (non-hydrogen) atoms. The summed E-state index contributed by atoms with van der Waals surface area (Å²) in [5.41, 5.74) is 0.888. The minimum atomic E-state index is -0.628. The second-order valence-corrected chi connectivity index (χ2v) is 5.12. The number of nitrogens with zero attached hydrogens (tertiary/aromatic N) is 1. The van der Waals surface area contributed by atoms with Crippen LogP contribution in [0.2, 0.25) is 0 Å². The zero-order chi connectivity index (χ0) is 14.5. The lowest BCUT2D eigenvalue weighted by molar-refractivity contribution is 0.0551. The SMILES string of the molecule is COC(=O)c1n[nH]c(CC2CCCCC2)c1C(=O)OC. The van der Waals surface area contributed by atoms with E-state index in [4.69, 9.17) is 4.74 Å². The fourth-order valence-electron chi connectivity index (χ4n) is 2.77. The number of aromatic nitrogens is 2. The molecule has 1 saturated carbocycles. The molecule has 1 aromatic rings. The van der Waals surface area contributed by atoms with Crippen molar-refractivity contribution in [1.29, 1.82) is 0 Å². The smallest absolute Gasteiger partial charge is 0.359 e. The summed E-state index contributed by atoms with van der Waals surface area (Å²) in [6.07, 6.45) is 6.72. The molecule has 2 rings (SSSR count). The molecule has 0 aliphatic heterocycles. The van der Waals surface area contributed by atoms with E-state index in [9.17, 15) is 9.59 Å². The molecule has 0 aromatic carbocycles. The molecular formula is C14H20N2O4. The maximum Gasteiger partial charge on any atom is 0.359 e. The van der Waals surface area contributed by atoms with Gasteiger partial charge in [-0.1, -0.05) is 32.1 Å². The van der Waals surface area contributed by atoms with Gasteiger partial charge in [0, 0.05) is 0 Å². The summed E-state index contributed by atoms with van der Waals surface area (Å²) in [5, 5.41) is 6.72. The van der Waals surface area contributed by atoms with Crippen LogP contribution in [-0.4, -0.2) is 36.4 Å². The predicted octanol–water partition coefficient (Wildman–Crippen LogP) is 2.11. The molecular weight excluding hydrogens is 260 g/mol. The van der Waals surface area contributed by atoms with Gasteiger partial charge in [-0.15, -0.1) is 0 Å². The van der Waals surface area contributed by atoms with Gasteiger partial charge in [-0.05, 0) is 12.3 Å². The van der Waals surface area contributed by atoms with Crippen LogP contribution >= 0.6 is 0 Å². The highest BCUT2D eigenvalue weighted by Gasteiger charge is 2.28. The first-order chi connectivity index (χ1) is 9.67. The minimum Gasteiger partial charge on any atom is -0.465 e. The molecule has 1 N–H and O–H groups in total. The summed E-state index contributed by atoms with van der Waals surface area (Å²) in [7, 11) is 2.56. The average molecular weight is 280 g/mol. The molecule has 1 aromatic heterocycles. The third kappa shape index (κ3) is 3.00. The van der Waals surface area contributed by atoms with Crippen LogP contribution in [-0.2, 0) is 15.9 Å². The van der Waals surface area contributed by atoms with Crippen LogP contribution in [0.1, 0.15) is 58.6 Å². The molecule has 1 heterocycles. The van der Waals surface area contributed by atoms with Crippen molar-refractivity contribution in [3.63, 3.8) is 0 Å². The number of carbonyl (C=O) groups is 2. The van der Waals surface area contributed by atoms with Crippen molar-refractivity contribution < 1.29 is 19.1 Å². The van der Waals surface area contributed by atoms with E-state index >= 15 is 0 Å². The number of rotatable bonds is 4. The van der Waals surface area contributed by atoms with Crippen LogP contribution in [0.25, 0.3) is 0 Å². The highest BCUT2D eigenvalue weighted by atomic mass is 16.5. The molecule has 0 amide bonds. The Kier molecular flexibility index (Phi) is 4.76. The molecule has 1 aliphatic rings. The van der Waals surface area contributed by atoms with Gasteiger partial charge < -0.3 is 9.47 Å². The Bertz CT molecular complexity index is 489. The van der Waals surface area contributed by atoms with Gasteiger partial charge in [0.25, 0.3) is 0 Å². The van der Waals surface area contributed by atoms with Gasteiger partial charge in [-0.2, -0.15) is 5.10 Å². The minimum absolute atomic E-state index is 0.00478. The van der Waals surface area contributed by atoms with Crippen LogP contribution in [0.5, 0.6) is 0 Å². The summed E-state index contributed by atoms with van der Waals surface area (Å²) in [6, 6.07) is 0. The summed E-state index contributed by atoms with van der Waals surface area (Å²) < 4.78 is 9.40. The standard InChI is InChI=1S/C14H20N2O4/c1-19-13(17)11-10(8-9-6-4-3-5-7-9)15-16-12(11)14(18)20-2/h9H,3-8H2,1-2H3,(H,15,16). The second-order valence-electron chi connectivity index (χ2n) is 5.12. The number of ether oxygens (including phenoxy) is 2. The number of nitrogens with one attached hydrogen (secondary N) is 1. The molecule has 0 saturated heterocycles. The van der Waals surface area contributed by atoms with E-state index in [1.807, 2.05) is 0 Å². The van der Waals surface area contributed by atoms with Gasteiger partial charge in [0.15, 0.2) is 5.69 Å². The Morgan fingerprint density at radius 3 is 2.40 bits per heavy atom. The van der Waals surface area contributed by atoms with Crippen molar-refractivity contribution >= 4 is 11.9 Å². The fraction of sp³-hybridized carbons (Fsp3) is 0.643. The molecule has 0 atom stereocenters. The van der Waals surface area contributed by atoms with Crippen molar-refractivity contribution in [2.75, 3.05) is 14.2 Å². The molecule has 0 unspecified atom stereocenters. The topological polar surface area (TPSA) is 81.3 Å². The maximum atomic E-state index is 11.9. The molecule has 1 aliphatic carbocycles. The number of H-pyrrole nitrogens is 1. The Hall–Kier alpha value is -1.85. The summed E-state index contributed by atoms with van der Waals surface area (Å²) >= 11 is 0. The van der Waals surface area contributed by atoms with E-state index in [2.05, 4.69) is 14.9 Å². The normalized spacial score (nSPS) is 15.9. The Morgan fingerprint density at radius 1 is 1.15 bits per heavy atom. The Labute approximate surface area is 117 Å². The van der Waals surface area contributed by atoms with E-state index in [1.54, 1.807) is 0 Å². The monoisotopic (exact) mass is 280 g/mol. The molecule has 110 valence electrons. The van der Waals surface area contributed by atoms with E-state index < -0.39 is 11.9 Å². The van der Waals surface area contributed by atoms with Gasteiger partial charge >= 0.3 is 11.9 Å². The molecule has 0 spiro atoms. The average Bonchev–Trinajstić information content (AvgIpc) is 2.90. The van der Waals surface area contributed by atoms with Crippen molar-refractivity contribution in [3.05, 3.63) is 17.0 Å². The van der Waals surface area contributed by atoms with E-state index in [0.717, 1.165) is 12.8 Å². The zero-order valence-corrected chi connectivity index (χ0v) is 11.9. The van der Waals surface area contributed by atoms with Crippen molar-refractivity contribution in [2.24, 2.45) is 5.92 Å². The summed E-state index contributed by atoms with van der Waals surface area (Å²) in [6.45, 7) is 0. The molecule has 1 fully saturated rings. The highest BCUT2D eigenvalue weighted by molar-refractivity contribution is 6.02. The lowest BCUT2D eigenvalue weighted by Gasteiger charge is -2.21. The van der Waals surface area contributed by atoms with Crippen LogP contribution in [0, 0.1) is 5.92 Å². The van der Waals surface area contributed by atoms with Crippen LogP contribution in [0.4, 0.5) is 0 Å².